The van der Waals surface area contributed by atoms with Crippen molar-refractivity contribution in [2.75, 3.05) is 6.54 Å². The van der Waals surface area contributed by atoms with Gasteiger partial charge in [0.25, 0.3) is 5.79 Å². The molecule has 3 aromatic rings. The summed E-state index contributed by atoms with van der Waals surface area (Å²) in [5, 5.41) is 0. The van der Waals surface area contributed by atoms with Crippen molar-refractivity contribution in [3.63, 3.8) is 0 Å². The van der Waals surface area contributed by atoms with Gasteiger partial charge in [0.15, 0.2) is 6.23 Å². The van der Waals surface area contributed by atoms with Crippen molar-refractivity contribution in [3.05, 3.63) is 95.6 Å². The smallest absolute Gasteiger partial charge is 0.253 e. The largest absolute Gasteiger partial charge is 0.456 e. The zero-order valence-corrected chi connectivity index (χ0v) is 16.1. The van der Waals surface area contributed by atoms with Crippen molar-refractivity contribution in [2.24, 2.45) is 0 Å². The van der Waals surface area contributed by atoms with Gasteiger partial charge < -0.3 is 9.47 Å². The third-order valence-corrected chi connectivity index (χ3v) is 7.03. The van der Waals surface area contributed by atoms with Gasteiger partial charge in [-0.15, -0.1) is 0 Å². The quantitative estimate of drug-likeness (QED) is 0.676. The fourth-order valence-corrected chi connectivity index (χ4v) is 5.26. The summed E-state index contributed by atoms with van der Waals surface area (Å²) in [5.41, 5.74) is 2.50. The van der Waals surface area contributed by atoms with Gasteiger partial charge in [-0.2, -0.15) is 4.31 Å². The number of hydrogen-bond donors (Lipinski definition) is 0. The number of rotatable bonds is 3. The molecular formula is C22H19NO4S. The fraction of sp³-hybridized carbons (Fsp3) is 0.182. The lowest BCUT2D eigenvalue weighted by molar-refractivity contribution is -0.194. The molecule has 5 nitrogen and oxygen atoms in total. The maximum absolute atomic E-state index is 13.5. The average molecular weight is 393 g/mol. The number of sulfonamides is 1. The van der Waals surface area contributed by atoms with Crippen LogP contribution in [0.2, 0.25) is 0 Å². The maximum Gasteiger partial charge on any atom is 0.253 e. The molecule has 1 saturated heterocycles. The summed E-state index contributed by atoms with van der Waals surface area (Å²) in [5.74, 6) is -0.526. The van der Waals surface area contributed by atoms with Gasteiger partial charge in [-0.05, 0) is 25.1 Å². The molecule has 0 aliphatic carbocycles. The number of ether oxygens (including phenoxy) is 2. The Hall–Kier alpha value is -2.67. The van der Waals surface area contributed by atoms with Crippen LogP contribution in [0.1, 0.15) is 22.9 Å². The molecule has 0 saturated carbocycles. The van der Waals surface area contributed by atoms with E-state index in [1.165, 1.54) is 4.31 Å². The van der Waals surface area contributed by atoms with Gasteiger partial charge in [0, 0.05) is 11.1 Å². The molecule has 0 N–H and O–H groups in total. The minimum Gasteiger partial charge on any atom is -0.456 e. The maximum atomic E-state index is 13.5. The SMILES string of the molecule is Cc1ccc(S(=O)(=O)N2C[C@]3(c4ccccc4)Oc4ccccc4[C@H]2O3)cc1. The summed E-state index contributed by atoms with van der Waals surface area (Å²) in [6.45, 7) is 2.00. The highest BCUT2D eigenvalue weighted by Gasteiger charge is 2.57. The van der Waals surface area contributed by atoms with Crippen LogP contribution in [0.4, 0.5) is 0 Å². The molecule has 2 atom stereocenters. The Morgan fingerprint density at radius 2 is 1.61 bits per heavy atom. The summed E-state index contributed by atoms with van der Waals surface area (Å²) in [7, 11) is -3.77. The second kappa shape index (κ2) is 6.17. The predicted octanol–water partition coefficient (Wildman–Crippen LogP) is 3.96. The molecule has 5 rings (SSSR count). The molecule has 2 bridgehead atoms. The summed E-state index contributed by atoms with van der Waals surface area (Å²) < 4.78 is 40.8. The van der Waals surface area contributed by atoms with Gasteiger partial charge in [-0.25, -0.2) is 8.42 Å². The summed E-state index contributed by atoms with van der Waals surface area (Å²) in [4.78, 5) is 0.245. The topological polar surface area (TPSA) is 55.8 Å². The van der Waals surface area contributed by atoms with Crippen LogP contribution in [0.5, 0.6) is 5.75 Å². The predicted molar refractivity (Wildman–Crippen MR) is 104 cm³/mol. The Morgan fingerprint density at radius 3 is 2.36 bits per heavy atom. The first-order valence-electron chi connectivity index (χ1n) is 9.09. The highest BCUT2D eigenvalue weighted by atomic mass is 32.2. The highest BCUT2D eigenvalue weighted by Crippen LogP contribution is 2.52. The van der Waals surface area contributed by atoms with Gasteiger partial charge in [0.1, 0.15) is 5.75 Å². The van der Waals surface area contributed by atoms with Crippen LogP contribution < -0.4 is 4.74 Å². The number of para-hydroxylation sites is 1. The molecule has 28 heavy (non-hydrogen) atoms. The van der Waals surface area contributed by atoms with Crippen molar-refractivity contribution in [3.8, 4) is 5.75 Å². The normalized spacial score (nSPS) is 23.8. The number of fused-ring (bicyclic) bond motifs is 4. The molecule has 6 heteroatoms. The first-order chi connectivity index (χ1) is 13.5. The third-order valence-electron chi connectivity index (χ3n) is 5.23. The lowest BCUT2D eigenvalue weighted by Gasteiger charge is -2.34. The second-order valence-corrected chi connectivity index (χ2v) is 8.98. The number of benzene rings is 3. The van der Waals surface area contributed by atoms with Crippen LogP contribution >= 0.6 is 0 Å². The van der Waals surface area contributed by atoms with E-state index in [9.17, 15) is 8.42 Å². The first-order valence-corrected chi connectivity index (χ1v) is 10.5. The molecule has 2 heterocycles. The molecule has 0 radical (unpaired) electrons. The van der Waals surface area contributed by atoms with Gasteiger partial charge in [-0.1, -0.05) is 66.2 Å². The Bertz CT molecular complexity index is 1130. The standard InChI is InChI=1S/C22H19NO4S/c1-16-11-13-18(14-12-16)28(24,25)23-15-22(17-7-3-2-4-8-17)26-20-10-6-5-9-19(20)21(23)27-22/h2-14,21H,15H2,1H3/t21-,22+/m1/s1. The molecule has 142 valence electrons. The molecule has 2 aliphatic heterocycles. The number of aryl methyl sites for hydroxylation is 1. The minimum absolute atomic E-state index is 0.0760. The van der Waals surface area contributed by atoms with Crippen molar-refractivity contribution in [2.45, 2.75) is 23.8 Å². The van der Waals surface area contributed by atoms with Crippen molar-refractivity contribution >= 4 is 10.0 Å². The van der Waals surface area contributed by atoms with E-state index in [0.717, 1.165) is 11.1 Å². The van der Waals surface area contributed by atoms with Crippen LogP contribution in [-0.2, 0) is 20.5 Å². The van der Waals surface area contributed by atoms with Gasteiger partial charge in [0.05, 0.1) is 11.4 Å². The van der Waals surface area contributed by atoms with E-state index in [2.05, 4.69) is 0 Å². The van der Waals surface area contributed by atoms with E-state index in [4.69, 9.17) is 9.47 Å². The molecule has 0 aromatic heterocycles. The third kappa shape index (κ3) is 2.57. The van der Waals surface area contributed by atoms with E-state index in [1.807, 2.05) is 61.5 Å². The Labute approximate surface area is 164 Å². The monoisotopic (exact) mass is 393 g/mol. The van der Waals surface area contributed by atoms with E-state index >= 15 is 0 Å². The number of hydrogen-bond acceptors (Lipinski definition) is 4. The van der Waals surface area contributed by atoms with Crippen LogP contribution in [-0.4, -0.2) is 19.3 Å². The van der Waals surface area contributed by atoms with E-state index in [1.54, 1.807) is 24.3 Å². The molecule has 0 unspecified atom stereocenters. The van der Waals surface area contributed by atoms with Crippen molar-refractivity contribution in [1.29, 1.82) is 0 Å². The minimum atomic E-state index is -3.77. The fourth-order valence-electron chi connectivity index (χ4n) is 3.76. The van der Waals surface area contributed by atoms with E-state index in [-0.39, 0.29) is 11.4 Å². The molecular weight excluding hydrogens is 374 g/mol. The molecule has 1 fully saturated rings. The lowest BCUT2D eigenvalue weighted by Crippen LogP contribution is -2.39. The van der Waals surface area contributed by atoms with Gasteiger partial charge >= 0.3 is 0 Å². The second-order valence-electron chi connectivity index (χ2n) is 7.09. The van der Waals surface area contributed by atoms with Crippen LogP contribution in [0.3, 0.4) is 0 Å². The van der Waals surface area contributed by atoms with Crippen molar-refractivity contribution < 1.29 is 17.9 Å². The van der Waals surface area contributed by atoms with Crippen LogP contribution in [0, 0.1) is 6.92 Å². The van der Waals surface area contributed by atoms with E-state index < -0.39 is 22.0 Å². The molecule has 3 aromatic carbocycles. The lowest BCUT2D eigenvalue weighted by atomic mass is 10.1. The summed E-state index contributed by atoms with van der Waals surface area (Å²) in [6, 6.07) is 23.8. The van der Waals surface area contributed by atoms with Crippen LogP contribution in [0.25, 0.3) is 0 Å². The first kappa shape index (κ1) is 17.4. The van der Waals surface area contributed by atoms with E-state index in [0.29, 0.717) is 11.3 Å². The molecule has 0 spiro atoms. The Morgan fingerprint density at radius 1 is 0.929 bits per heavy atom. The van der Waals surface area contributed by atoms with Crippen molar-refractivity contribution in [1.82, 2.24) is 4.31 Å². The highest BCUT2D eigenvalue weighted by molar-refractivity contribution is 7.89. The number of nitrogens with zero attached hydrogens (tertiary/aromatic N) is 1. The Kier molecular flexibility index (Phi) is 3.84. The molecule has 0 amide bonds. The Balaban J connectivity index is 1.65. The van der Waals surface area contributed by atoms with Crippen LogP contribution in [0.15, 0.2) is 83.8 Å². The van der Waals surface area contributed by atoms with Gasteiger partial charge in [0.2, 0.25) is 10.0 Å². The average Bonchev–Trinajstić information content (AvgIpc) is 3.05. The summed E-state index contributed by atoms with van der Waals surface area (Å²) >= 11 is 0. The molecule has 2 aliphatic rings. The summed E-state index contributed by atoms with van der Waals surface area (Å²) in [6.07, 6.45) is -0.739. The zero-order chi connectivity index (χ0) is 19.4. The zero-order valence-electron chi connectivity index (χ0n) is 15.3. The van der Waals surface area contributed by atoms with Gasteiger partial charge in [-0.3, -0.25) is 0 Å².